The van der Waals surface area contributed by atoms with Gasteiger partial charge in [-0.1, -0.05) is 28.1 Å². The molecule has 0 unspecified atom stereocenters. The zero-order valence-electron chi connectivity index (χ0n) is 11.7. The first-order valence-corrected chi connectivity index (χ1v) is 7.32. The third-order valence-electron chi connectivity index (χ3n) is 3.09. The van der Waals surface area contributed by atoms with Crippen LogP contribution in [0, 0.1) is 0 Å². The largest absolute Gasteiger partial charge is 0.395 e. The quantitative estimate of drug-likeness (QED) is 0.885. The lowest BCUT2D eigenvalue weighted by Gasteiger charge is -2.33. The summed E-state index contributed by atoms with van der Waals surface area (Å²) in [5.74, 6) is 0.590. The Balaban J connectivity index is 2.28. The van der Waals surface area contributed by atoms with Crippen LogP contribution in [-0.4, -0.2) is 46.2 Å². The zero-order valence-corrected chi connectivity index (χ0v) is 13.3. The van der Waals surface area contributed by atoms with Crippen molar-refractivity contribution in [2.75, 3.05) is 19.7 Å². The van der Waals surface area contributed by atoms with Crippen LogP contribution in [-0.2, 0) is 0 Å². The van der Waals surface area contributed by atoms with Crippen molar-refractivity contribution in [2.45, 2.75) is 19.4 Å². The van der Waals surface area contributed by atoms with Gasteiger partial charge in [-0.25, -0.2) is 0 Å². The van der Waals surface area contributed by atoms with Gasteiger partial charge in [0.15, 0.2) is 0 Å². The van der Waals surface area contributed by atoms with Gasteiger partial charge in [0.05, 0.1) is 13.2 Å². The van der Waals surface area contributed by atoms with Crippen molar-refractivity contribution in [3.63, 3.8) is 0 Å². The Bertz CT molecular complexity index is 530. The number of rotatable bonds is 4. The second kappa shape index (κ2) is 6.08. The van der Waals surface area contributed by atoms with Gasteiger partial charge in [-0.3, -0.25) is 4.99 Å². The maximum Gasteiger partial charge on any atom is 0.135 e. The van der Waals surface area contributed by atoms with E-state index in [2.05, 4.69) is 20.9 Å². The predicted molar refractivity (Wildman–Crippen MR) is 84.5 cm³/mol. The molecule has 0 bridgehead atoms. The molecular formula is C15H19BrN2O2. The third-order valence-corrected chi connectivity index (χ3v) is 3.61. The SMILES string of the molecule is CC(C)(O)C1=NCC(c2ccc(Br)cc2)=CN1CCO. The van der Waals surface area contributed by atoms with Crippen molar-refractivity contribution in [1.82, 2.24) is 4.90 Å². The van der Waals surface area contributed by atoms with E-state index < -0.39 is 5.60 Å². The number of aliphatic hydroxyl groups is 2. The van der Waals surface area contributed by atoms with Crippen molar-refractivity contribution in [3.05, 3.63) is 40.5 Å². The first-order chi connectivity index (χ1) is 9.41. The molecule has 1 aliphatic rings. The van der Waals surface area contributed by atoms with Gasteiger partial charge in [0.1, 0.15) is 11.4 Å². The molecule has 1 aromatic rings. The summed E-state index contributed by atoms with van der Waals surface area (Å²) in [7, 11) is 0. The van der Waals surface area contributed by atoms with E-state index in [0.717, 1.165) is 15.6 Å². The fourth-order valence-corrected chi connectivity index (χ4v) is 2.46. The van der Waals surface area contributed by atoms with E-state index in [1.807, 2.05) is 35.4 Å². The number of amidine groups is 1. The minimum Gasteiger partial charge on any atom is -0.395 e. The molecule has 2 N–H and O–H groups in total. The number of aliphatic hydroxyl groups excluding tert-OH is 1. The number of benzene rings is 1. The van der Waals surface area contributed by atoms with E-state index in [-0.39, 0.29) is 6.61 Å². The van der Waals surface area contributed by atoms with Crippen molar-refractivity contribution >= 4 is 27.3 Å². The highest BCUT2D eigenvalue weighted by atomic mass is 79.9. The molecule has 4 nitrogen and oxygen atoms in total. The molecule has 1 heterocycles. The molecule has 5 heteroatoms. The summed E-state index contributed by atoms with van der Waals surface area (Å²) in [6, 6.07) is 8.03. The van der Waals surface area contributed by atoms with E-state index in [1.165, 1.54) is 0 Å². The average molecular weight is 339 g/mol. The second-order valence-corrected chi connectivity index (χ2v) is 6.19. The van der Waals surface area contributed by atoms with Gasteiger partial charge in [0, 0.05) is 17.2 Å². The van der Waals surface area contributed by atoms with Crippen LogP contribution in [0.2, 0.25) is 0 Å². The lowest BCUT2D eigenvalue weighted by molar-refractivity contribution is 0.137. The van der Waals surface area contributed by atoms with Crippen LogP contribution in [0.25, 0.3) is 5.57 Å². The first kappa shape index (κ1) is 15.2. The Morgan fingerprint density at radius 3 is 2.50 bits per heavy atom. The molecular weight excluding hydrogens is 320 g/mol. The van der Waals surface area contributed by atoms with E-state index in [9.17, 15) is 10.2 Å². The van der Waals surface area contributed by atoms with Gasteiger partial charge in [-0.05, 0) is 37.1 Å². The smallest absolute Gasteiger partial charge is 0.135 e. The number of aliphatic imine (C=N–C) groups is 1. The Labute approximate surface area is 127 Å². The van der Waals surface area contributed by atoms with Crippen LogP contribution in [0.4, 0.5) is 0 Å². The number of nitrogens with zero attached hydrogens (tertiary/aromatic N) is 2. The normalized spacial score (nSPS) is 15.9. The summed E-state index contributed by atoms with van der Waals surface area (Å²) in [4.78, 5) is 6.30. The van der Waals surface area contributed by atoms with Gasteiger partial charge in [-0.2, -0.15) is 0 Å². The highest BCUT2D eigenvalue weighted by molar-refractivity contribution is 9.10. The van der Waals surface area contributed by atoms with Gasteiger partial charge < -0.3 is 15.1 Å². The van der Waals surface area contributed by atoms with Crippen LogP contribution in [0.15, 0.2) is 39.9 Å². The fourth-order valence-electron chi connectivity index (χ4n) is 2.19. The summed E-state index contributed by atoms with van der Waals surface area (Å²) in [6.45, 7) is 4.37. The zero-order chi connectivity index (χ0) is 14.8. The summed E-state index contributed by atoms with van der Waals surface area (Å²) in [5.41, 5.74) is 1.14. The molecule has 0 saturated heterocycles. The monoisotopic (exact) mass is 338 g/mol. The van der Waals surface area contributed by atoms with Crippen LogP contribution in [0.5, 0.6) is 0 Å². The molecule has 0 aromatic heterocycles. The van der Waals surface area contributed by atoms with Crippen LogP contribution >= 0.6 is 15.9 Å². The standard InChI is InChI=1S/C15H19BrN2O2/c1-15(2,20)14-17-9-12(10-18(14)7-8-19)11-3-5-13(16)6-4-11/h3-6,10,19-20H,7-9H2,1-2H3. The molecule has 0 radical (unpaired) electrons. The van der Waals surface area contributed by atoms with Crippen molar-refractivity contribution in [1.29, 1.82) is 0 Å². The number of hydrogen-bond donors (Lipinski definition) is 2. The van der Waals surface area contributed by atoms with Crippen molar-refractivity contribution in [3.8, 4) is 0 Å². The van der Waals surface area contributed by atoms with Gasteiger partial charge >= 0.3 is 0 Å². The van der Waals surface area contributed by atoms with E-state index in [4.69, 9.17) is 0 Å². The Morgan fingerprint density at radius 2 is 1.95 bits per heavy atom. The van der Waals surface area contributed by atoms with Crippen molar-refractivity contribution in [2.24, 2.45) is 4.99 Å². The van der Waals surface area contributed by atoms with E-state index in [1.54, 1.807) is 13.8 Å². The highest BCUT2D eigenvalue weighted by Gasteiger charge is 2.28. The molecule has 2 rings (SSSR count). The molecule has 0 fully saturated rings. The van der Waals surface area contributed by atoms with Gasteiger partial charge in [0.25, 0.3) is 0 Å². The average Bonchev–Trinajstić information content (AvgIpc) is 2.38. The minimum atomic E-state index is -1.02. The molecule has 0 spiro atoms. The Morgan fingerprint density at radius 1 is 1.30 bits per heavy atom. The fraction of sp³-hybridized carbons (Fsp3) is 0.400. The first-order valence-electron chi connectivity index (χ1n) is 6.53. The Hall–Kier alpha value is -1.17. The predicted octanol–water partition coefficient (Wildman–Crippen LogP) is 2.27. The van der Waals surface area contributed by atoms with Crippen LogP contribution in [0.3, 0.4) is 0 Å². The molecule has 108 valence electrons. The molecule has 1 aliphatic heterocycles. The number of hydrogen-bond acceptors (Lipinski definition) is 4. The minimum absolute atomic E-state index is 0.0131. The molecule has 0 atom stereocenters. The Kier molecular flexibility index (Phi) is 4.62. The highest BCUT2D eigenvalue weighted by Crippen LogP contribution is 2.24. The molecule has 0 aliphatic carbocycles. The summed E-state index contributed by atoms with van der Waals surface area (Å²) in [5, 5.41) is 19.3. The molecule has 0 saturated carbocycles. The summed E-state index contributed by atoms with van der Waals surface area (Å²) in [6.07, 6.45) is 1.96. The van der Waals surface area contributed by atoms with Gasteiger partial charge in [0.2, 0.25) is 0 Å². The number of halogens is 1. The lowest BCUT2D eigenvalue weighted by Crippen LogP contribution is -2.45. The van der Waals surface area contributed by atoms with Gasteiger partial charge in [-0.15, -0.1) is 0 Å². The third kappa shape index (κ3) is 3.48. The van der Waals surface area contributed by atoms with E-state index in [0.29, 0.717) is 18.9 Å². The lowest BCUT2D eigenvalue weighted by atomic mass is 10.0. The maximum absolute atomic E-state index is 10.1. The van der Waals surface area contributed by atoms with Crippen LogP contribution < -0.4 is 0 Å². The maximum atomic E-state index is 10.1. The van der Waals surface area contributed by atoms with Crippen LogP contribution in [0.1, 0.15) is 19.4 Å². The topological polar surface area (TPSA) is 56.1 Å². The van der Waals surface area contributed by atoms with E-state index >= 15 is 0 Å². The molecule has 1 aromatic carbocycles. The molecule has 0 amide bonds. The second-order valence-electron chi connectivity index (χ2n) is 5.28. The number of β-amino-alcohol motifs (C(OH)–C–C–N with tert-alkyl or cyclic N) is 1. The summed E-state index contributed by atoms with van der Waals surface area (Å²) >= 11 is 3.42. The summed E-state index contributed by atoms with van der Waals surface area (Å²) < 4.78 is 1.03. The molecule has 20 heavy (non-hydrogen) atoms. The van der Waals surface area contributed by atoms with Crippen molar-refractivity contribution < 1.29 is 10.2 Å².